The lowest BCUT2D eigenvalue weighted by molar-refractivity contribution is -0.121. The highest BCUT2D eigenvalue weighted by molar-refractivity contribution is 5.76. The zero-order valence-electron chi connectivity index (χ0n) is 11.2. The fourth-order valence-electron chi connectivity index (χ4n) is 1.88. The molecule has 2 heteroatoms. The van der Waals surface area contributed by atoms with E-state index in [-0.39, 0.29) is 11.9 Å². The summed E-state index contributed by atoms with van der Waals surface area (Å²) in [6.45, 7) is 4.11. The van der Waals surface area contributed by atoms with Gasteiger partial charge < -0.3 is 5.32 Å². The summed E-state index contributed by atoms with van der Waals surface area (Å²) in [6, 6.07) is 8.10. The number of amides is 1. The molecule has 0 saturated carbocycles. The topological polar surface area (TPSA) is 29.1 Å². The van der Waals surface area contributed by atoms with E-state index in [2.05, 4.69) is 37.2 Å². The lowest BCUT2D eigenvalue weighted by Gasteiger charge is -2.11. The van der Waals surface area contributed by atoms with Crippen LogP contribution in [0, 0.1) is 19.3 Å². The van der Waals surface area contributed by atoms with Gasteiger partial charge in [0.15, 0.2) is 0 Å². The first-order valence-corrected chi connectivity index (χ1v) is 6.46. The van der Waals surface area contributed by atoms with Gasteiger partial charge in [-0.05, 0) is 25.3 Å². The van der Waals surface area contributed by atoms with Crippen molar-refractivity contribution in [3.05, 3.63) is 35.4 Å². The predicted octanol–water partition coefficient (Wildman–Crippen LogP) is 2.85. The predicted molar refractivity (Wildman–Crippen MR) is 75.2 cm³/mol. The molecule has 0 radical (unpaired) electrons. The maximum Gasteiger partial charge on any atom is 0.221 e. The van der Waals surface area contributed by atoms with E-state index >= 15 is 0 Å². The zero-order chi connectivity index (χ0) is 13.4. The molecule has 0 heterocycles. The lowest BCUT2D eigenvalue weighted by Crippen LogP contribution is -2.33. The Hall–Kier alpha value is -1.75. The van der Waals surface area contributed by atoms with Crippen molar-refractivity contribution < 1.29 is 4.79 Å². The second-order valence-corrected chi connectivity index (χ2v) is 4.56. The van der Waals surface area contributed by atoms with Gasteiger partial charge >= 0.3 is 0 Å². The van der Waals surface area contributed by atoms with E-state index in [0.29, 0.717) is 6.42 Å². The minimum Gasteiger partial charge on any atom is -0.342 e. The molecule has 1 aromatic rings. The molecule has 0 aliphatic carbocycles. The number of rotatable bonds is 6. The third kappa shape index (κ3) is 5.05. The molecule has 96 valence electrons. The van der Waals surface area contributed by atoms with Gasteiger partial charge in [0.25, 0.3) is 0 Å². The van der Waals surface area contributed by atoms with Crippen molar-refractivity contribution in [3.8, 4) is 12.3 Å². The molecule has 0 saturated heterocycles. The average Bonchev–Trinajstić information content (AvgIpc) is 2.36. The summed E-state index contributed by atoms with van der Waals surface area (Å²) in [5.41, 5.74) is 2.42. The fraction of sp³-hybridized carbons (Fsp3) is 0.438. The van der Waals surface area contributed by atoms with Crippen molar-refractivity contribution in [2.24, 2.45) is 0 Å². The van der Waals surface area contributed by atoms with Crippen LogP contribution in [0.1, 0.15) is 37.3 Å². The van der Waals surface area contributed by atoms with E-state index in [1.807, 2.05) is 12.1 Å². The van der Waals surface area contributed by atoms with Crippen molar-refractivity contribution in [1.82, 2.24) is 5.32 Å². The van der Waals surface area contributed by atoms with Gasteiger partial charge in [-0.2, -0.15) is 0 Å². The summed E-state index contributed by atoms with van der Waals surface area (Å²) in [7, 11) is 0. The van der Waals surface area contributed by atoms with E-state index in [1.165, 1.54) is 11.1 Å². The number of nitrogens with one attached hydrogen (secondary N) is 1. The van der Waals surface area contributed by atoms with Gasteiger partial charge in [-0.3, -0.25) is 4.79 Å². The number of terminal acetylenes is 1. The molecule has 0 aromatic heterocycles. The number of hydrogen-bond donors (Lipinski definition) is 1. The highest BCUT2D eigenvalue weighted by Crippen LogP contribution is 2.06. The van der Waals surface area contributed by atoms with E-state index in [9.17, 15) is 4.79 Å². The Kier molecular flexibility index (Phi) is 6.00. The second-order valence-electron chi connectivity index (χ2n) is 4.56. The smallest absolute Gasteiger partial charge is 0.221 e. The van der Waals surface area contributed by atoms with Crippen LogP contribution in [0.25, 0.3) is 0 Å². The molecule has 1 unspecified atom stereocenters. The van der Waals surface area contributed by atoms with Gasteiger partial charge in [-0.1, -0.05) is 49.1 Å². The number of carbonyl (C=O) groups excluding carboxylic acids is 1. The minimum absolute atomic E-state index is 0.0351. The number of benzene rings is 1. The molecule has 1 amide bonds. The number of aryl methyl sites for hydroxylation is 2. The van der Waals surface area contributed by atoms with Gasteiger partial charge in [0, 0.05) is 6.42 Å². The van der Waals surface area contributed by atoms with Crippen molar-refractivity contribution in [3.63, 3.8) is 0 Å². The highest BCUT2D eigenvalue weighted by atomic mass is 16.1. The third-order valence-corrected chi connectivity index (χ3v) is 2.84. The van der Waals surface area contributed by atoms with Crippen LogP contribution in [-0.2, 0) is 11.2 Å². The summed E-state index contributed by atoms with van der Waals surface area (Å²) in [6.07, 6.45) is 8.44. The molecule has 0 spiro atoms. The third-order valence-electron chi connectivity index (χ3n) is 2.84. The molecule has 18 heavy (non-hydrogen) atoms. The summed E-state index contributed by atoms with van der Waals surface area (Å²) in [4.78, 5) is 11.7. The largest absolute Gasteiger partial charge is 0.342 e. The van der Waals surface area contributed by atoms with E-state index < -0.39 is 0 Å². The summed E-state index contributed by atoms with van der Waals surface area (Å²) >= 11 is 0. The Morgan fingerprint density at radius 1 is 1.50 bits per heavy atom. The summed E-state index contributed by atoms with van der Waals surface area (Å²) in [5, 5.41) is 2.88. The van der Waals surface area contributed by atoms with Gasteiger partial charge in [0.2, 0.25) is 5.91 Å². The maximum atomic E-state index is 11.7. The Labute approximate surface area is 110 Å². The Morgan fingerprint density at radius 2 is 2.28 bits per heavy atom. The van der Waals surface area contributed by atoms with Crippen molar-refractivity contribution in [2.45, 2.75) is 45.6 Å². The molecule has 0 fully saturated rings. The molecule has 1 rings (SSSR count). The minimum atomic E-state index is -0.125. The molecular formula is C16H21NO. The Balaban J connectivity index is 2.39. The summed E-state index contributed by atoms with van der Waals surface area (Å²) < 4.78 is 0. The first kappa shape index (κ1) is 14.3. The quantitative estimate of drug-likeness (QED) is 0.765. The summed E-state index contributed by atoms with van der Waals surface area (Å²) in [5.74, 6) is 2.64. The van der Waals surface area contributed by atoms with Crippen LogP contribution in [0.3, 0.4) is 0 Å². The van der Waals surface area contributed by atoms with Crippen molar-refractivity contribution in [1.29, 1.82) is 0 Å². The fourth-order valence-corrected chi connectivity index (χ4v) is 1.88. The second kappa shape index (κ2) is 7.55. The van der Waals surface area contributed by atoms with Crippen LogP contribution in [0.2, 0.25) is 0 Å². The first-order valence-electron chi connectivity index (χ1n) is 6.46. The molecular weight excluding hydrogens is 222 g/mol. The monoisotopic (exact) mass is 243 g/mol. The van der Waals surface area contributed by atoms with Gasteiger partial charge in [-0.25, -0.2) is 0 Å². The van der Waals surface area contributed by atoms with Crippen LogP contribution in [0.5, 0.6) is 0 Å². The van der Waals surface area contributed by atoms with E-state index in [0.717, 1.165) is 19.3 Å². The van der Waals surface area contributed by atoms with Gasteiger partial charge in [0.1, 0.15) is 0 Å². The average molecular weight is 243 g/mol. The van der Waals surface area contributed by atoms with Crippen LogP contribution >= 0.6 is 0 Å². The molecule has 2 nitrogen and oxygen atoms in total. The normalized spacial score (nSPS) is 11.6. The zero-order valence-corrected chi connectivity index (χ0v) is 11.2. The number of carbonyl (C=O) groups is 1. The standard InChI is InChI=1S/C16H21NO/c1-4-7-15(5-2)17-16(18)11-10-14-9-6-8-13(3)12-14/h2,6,8-9,12,15H,4,7,10-11H2,1,3H3,(H,17,18). The maximum absolute atomic E-state index is 11.7. The first-order chi connectivity index (χ1) is 8.65. The molecule has 0 bridgehead atoms. The Bertz CT molecular complexity index is 431. The van der Waals surface area contributed by atoms with Crippen LogP contribution in [-0.4, -0.2) is 11.9 Å². The van der Waals surface area contributed by atoms with Crippen LogP contribution in [0.4, 0.5) is 0 Å². The van der Waals surface area contributed by atoms with Crippen LogP contribution in [0.15, 0.2) is 24.3 Å². The van der Waals surface area contributed by atoms with Gasteiger partial charge in [-0.15, -0.1) is 6.42 Å². The number of hydrogen-bond acceptors (Lipinski definition) is 1. The molecule has 0 aliphatic heterocycles. The van der Waals surface area contributed by atoms with E-state index in [4.69, 9.17) is 6.42 Å². The van der Waals surface area contributed by atoms with E-state index in [1.54, 1.807) is 0 Å². The van der Waals surface area contributed by atoms with Crippen LogP contribution < -0.4 is 5.32 Å². The molecule has 1 aromatic carbocycles. The SMILES string of the molecule is C#CC(CCC)NC(=O)CCc1cccc(C)c1. The highest BCUT2D eigenvalue weighted by Gasteiger charge is 2.08. The molecule has 1 N–H and O–H groups in total. The Morgan fingerprint density at radius 3 is 2.89 bits per heavy atom. The van der Waals surface area contributed by atoms with Gasteiger partial charge in [0.05, 0.1) is 6.04 Å². The lowest BCUT2D eigenvalue weighted by atomic mass is 10.1. The molecule has 0 aliphatic rings. The van der Waals surface area contributed by atoms with Crippen molar-refractivity contribution in [2.75, 3.05) is 0 Å². The van der Waals surface area contributed by atoms with Crippen molar-refractivity contribution >= 4 is 5.91 Å². The molecule has 1 atom stereocenters.